The summed E-state index contributed by atoms with van der Waals surface area (Å²) in [5, 5.41) is 1.72. The molecule has 0 spiro atoms. The Balaban J connectivity index is 1.98. The number of methoxy groups -OCH3 is 3. The summed E-state index contributed by atoms with van der Waals surface area (Å²) in [6, 6.07) is 13.3. The van der Waals surface area contributed by atoms with Crippen LogP contribution >= 0.6 is 11.6 Å². The van der Waals surface area contributed by atoms with Crippen LogP contribution in [-0.2, 0) is 0 Å². The maximum atomic E-state index is 6.05. The van der Waals surface area contributed by atoms with Crippen molar-refractivity contribution < 1.29 is 14.2 Å². The Bertz CT molecular complexity index is 938. The van der Waals surface area contributed by atoms with Gasteiger partial charge in [-0.3, -0.25) is 0 Å². The van der Waals surface area contributed by atoms with E-state index in [4.69, 9.17) is 25.8 Å². The van der Waals surface area contributed by atoms with E-state index in [9.17, 15) is 0 Å². The standard InChI is InChI=1S/C20H18ClNO3/c1-23-18-12-20(25-3)19(24-2)10-14(18)6-9-16-8-5-13-4-7-15(21)11-17(13)22-16/h4-12H,1-3H3/b9-6+. The van der Waals surface area contributed by atoms with Crippen LogP contribution in [0.4, 0.5) is 0 Å². The Morgan fingerprint density at radius 3 is 2.20 bits per heavy atom. The van der Waals surface area contributed by atoms with Gasteiger partial charge >= 0.3 is 0 Å². The molecular weight excluding hydrogens is 338 g/mol. The summed E-state index contributed by atoms with van der Waals surface area (Å²) >= 11 is 6.05. The molecule has 0 bridgehead atoms. The normalized spacial score (nSPS) is 11.0. The molecule has 1 aromatic heterocycles. The number of ether oxygens (including phenoxy) is 3. The molecule has 2 aromatic carbocycles. The van der Waals surface area contributed by atoms with Crippen molar-refractivity contribution in [1.82, 2.24) is 4.98 Å². The first-order valence-electron chi connectivity index (χ1n) is 7.69. The Morgan fingerprint density at radius 2 is 1.48 bits per heavy atom. The monoisotopic (exact) mass is 355 g/mol. The summed E-state index contributed by atoms with van der Waals surface area (Å²) in [7, 11) is 4.82. The third kappa shape index (κ3) is 3.69. The van der Waals surface area contributed by atoms with Crippen LogP contribution in [0.3, 0.4) is 0 Å². The highest BCUT2D eigenvalue weighted by Crippen LogP contribution is 2.35. The van der Waals surface area contributed by atoms with Gasteiger partial charge in [-0.2, -0.15) is 0 Å². The minimum absolute atomic E-state index is 0.620. The van der Waals surface area contributed by atoms with E-state index in [0.29, 0.717) is 22.3 Å². The lowest BCUT2D eigenvalue weighted by atomic mass is 10.1. The molecule has 1 heterocycles. The summed E-state index contributed by atoms with van der Waals surface area (Å²) in [4.78, 5) is 4.61. The molecule has 5 heteroatoms. The zero-order chi connectivity index (χ0) is 17.8. The smallest absolute Gasteiger partial charge is 0.164 e. The van der Waals surface area contributed by atoms with Gasteiger partial charge in [-0.05, 0) is 36.4 Å². The molecule has 3 aromatic rings. The van der Waals surface area contributed by atoms with Gasteiger partial charge in [0.05, 0.1) is 32.5 Å². The molecule has 0 aliphatic carbocycles. The zero-order valence-electron chi connectivity index (χ0n) is 14.2. The molecule has 0 saturated carbocycles. The Kier molecular flexibility index (Phi) is 5.10. The van der Waals surface area contributed by atoms with Crippen molar-refractivity contribution in [2.24, 2.45) is 0 Å². The van der Waals surface area contributed by atoms with Crippen molar-refractivity contribution in [2.75, 3.05) is 21.3 Å². The number of aromatic nitrogens is 1. The second-order valence-corrected chi connectivity index (χ2v) is 5.79. The topological polar surface area (TPSA) is 40.6 Å². The molecule has 0 saturated heterocycles. The molecule has 0 aliphatic rings. The van der Waals surface area contributed by atoms with Crippen molar-refractivity contribution in [3.8, 4) is 17.2 Å². The highest BCUT2D eigenvalue weighted by atomic mass is 35.5. The summed E-state index contributed by atoms with van der Waals surface area (Å²) in [5.41, 5.74) is 2.55. The van der Waals surface area contributed by atoms with Crippen LogP contribution < -0.4 is 14.2 Å². The highest BCUT2D eigenvalue weighted by molar-refractivity contribution is 6.31. The summed E-state index contributed by atoms with van der Waals surface area (Å²) in [6.07, 6.45) is 3.85. The minimum atomic E-state index is 0.620. The van der Waals surface area contributed by atoms with Gasteiger partial charge < -0.3 is 14.2 Å². The molecule has 0 unspecified atom stereocenters. The molecule has 0 radical (unpaired) electrons. The van der Waals surface area contributed by atoms with Crippen LogP contribution in [0.1, 0.15) is 11.3 Å². The molecule has 0 amide bonds. The Labute approximate surface area is 151 Å². The van der Waals surface area contributed by atoms with E-state index in [2.05, 4.69) is 4.98 Å². The summed E-state index contributed by atoms with van der Waals surface area (Å²) in [6.45, 7) is 0. The lowest BCUT2D eigenvalue weighted by molar-refractivity contribution is 0.348. The SMILES string of the molecule is COc1cc(OC)c(OC)cc1/C=C/c1ccc2ccc(Cl)cc2n1. The number of fused-ring (bicyclic) bond motifs is 1. The number of benzene rings is 2. The van der Waals surface area contributed by atoms with Gasteiger partial charge in [-0.25, -0.2) is 4.98 Å². The largest absolute Gasteiger partial charge is 0.496 e. The quantitative estimate of drug-likeness (QED) is 0.639. The lowest BCUT2D eigenvalue weighted by Gasteiger charge is -2.12. The molecule has 0 fully saturated rings. The first kappa shape index (κ1) is 17.1. The predicted molar refractivity (Wildman–Crippen MR) is 102 cm³/mol. The van der Waals surface area contributed by atoms with E-state index in [1.165, 1.54) is 0 Å². The van der Waals surface area contributed by atoms with E-state index in [1.54, 1.807) is 27.4 Å². The number of hydrogen-bond donors (Lipinski definition) is 0. The first-order valence-corrected chi connectivity index (χ1v) is 8.07. The Hall–Kier alpha value is -2.72. The maximum Gasteiger partial charge on any atom is 0.164 e. The second kappa shape index (κ2) is 7.45. The fourth-order valence-corrected chi connectivity index (χ4v) is 2.72. The lowest BCUT2D eigenvalue weighted by Crippen LogP contribution is -1.94. The summed E-state index contributed by atoms with van der Waals surface area (Å²) in [5.74, 6) is 1.95. The van der Waals surface area contributed by atoms with Crippen LogP contribution in [0.5, 0.6) is 17.2 Å². The van der Waals surface area contributed by atoms with Crippen molar-refractivity contribution in [1.29, 1.82) is 0 Å². The van der Waals surface area contributed by atoms with Gasteiger partial charge in [0.2, 0.25) is 0 Å². The van der Waals surface area contributed by atoms with E-state index in [1.807, 2.05) is 48.6 Å². The van der Waals surface area contributed by atoms with Crippen molar-refractivity contribution in [3.05, 3.63) is 58.7 Å². The molecular formula is C20H18ClNO3. The number of halogens is 1. The molecule has 0 N–H and O–H groups in total. The highest BCUT2D eigenvalue weighted by Gasteiger charge is 2.10. The molecule has 0 aliphatic heterocycles. The van der Waals surface area contributed by atoms with Crippen molar-refractivity contribution >= 4 is 34.7 Å². The fourth-order valence-electron chi connectivity index (χ4n) is 2.56. The summed E-state index contributed by atoms with van der Waals surface area (Å²) < 4.78 is 16.1. The third-order valence-corrected chi connectivity index (χ3v) is 4.08. The van der Waals surface area contributed by atoms with Gasteiger partial charge in [0, 0.05) is 22.0 Å². The number of nitrogens with zero attached hydrogens (tertiary/aromatic N) is 1. The first-order chi connectivity index (χ1) is 12.1. The minimum Gasteiger partial charge on any atom is -0.496 e. The van der Waals surface area contributed by atoms with Crippen molar-refractivity contribution in [2.45, 2.75) is 0 Å². The average Bonchev–Trinajstić information content (AvgIpc) is 2.65. The average molecular weight is 356 g/mol. The second-order valence-electron chi connectivity index (χ2n) is 5.36. The predicted octanol–water partition coefficient (Wildman–Crippen LogP) is 5.08. The van der Waals surface area contributed by atoms with Crippen LogP contribution in [-0.4, -0.2) is 26.3 Å². The van der Waals surface area contributed by atoms with Crippen LogP contribution in [0.25, 0.3) is 23.1 Å². The van der Waals surface area contributed by atoms with Crippen LogP contribution in [0, 0.1) is 0 Å². The van der Waals surface area contributed by atoms with Gasteiger partial charge in [0.1, 0.15) is 5.75 Å². The molecule has 128 valence electrons. The van der Waals surface area contributed by atoms with Gasteiger partial charge in [-0.1, -0.05) is 23.7 Å². The Morgan fingerprint density at radius 1 is 0.800 bits per heavy atom. The zero-order valence-corrected chi connectivity index (χ0v) is 15.0. The maximum absolute atomic E-state index is 6.05. The van der Waals surface area contributed by atoms with E-state index in [0.717, 1.165) is 22.2 Å². The molecule has 3 rings (SSSR count). The number of rotatable bonds is 5. The molecule has 4 nitrogen and oxygen atoms in total. The van der Waals surface area contributed by atoms with Gasteiger partial charge in [0.15, 0.2) is 11.5 Å². The fraction of sp³-hybridized carbons (Fsp3) is 0.150. The molecule has 0 atom stereocenters. The van der Waals surface area contributed by atoms with Crippen molar-refractivity contribution in [3.63, 3.8) is 0 Å². The third-order valence-electron chi connectivity index (χ3n) is 3.85. The number of pyridine rings is 1. The van der Waals surface area contributed by atoms with Gasteiger partial charge in [-0.15, -0.1) is 0 Å². The van der Waals surface area contributed by atoms with E-state index >= 15 is 0 Å². The van der Waals surface area contributed by atoms with Crippen LogP contribution in [0.2, 0.25) is 5.02 Å². The van der Waals surface area contributed by atoms with Crippen LogP contribution in [0.15, 0.2) is 42.5 Å². The van der Waals surface area contributed by atoms with E-state index < -0.39 is 0 Å². The van der Waals surface area contributed by atoms with Gasteiger partial charge in [0.25, 0.3) is 0 Å². The molecule has 25 heavy (non-hydrogen) atoms. The van der Waals surface area contributed by atoms with E-state index in [-0.39, 0.29) is 0 Å². The number of hydrogen-bond acceptors (Lipinski definition) is 4.